The van der Waals surface area contributed by atoms with E-state index in [-0.39, 0.29) is 17.9 Å². The summed E-state index contributed by atoms with van der Waals surface area (Å²) in [4.78, 5) is 28.2. The van der Waals surface area contributed by atoms with Gasteiger partial charge in [0.2, 0.25) is 5.91 Å². The summed E-state index contributed by atoms with van der Waals surface area (Å²) in [6.07, 6.45) is 0.178. The first-order valence-corrected chi connectivity index (χ1v) is 9.44. The molecule has 142 valence electrons. The molecule has 0 atom stereocenters. The van der Waals surface area contributed by atoms with E-state index in [0.29, 0.717) is 41.2 Å². The second-order valence-corrected chi connectivity index (χ2v) is 7.56. The molecule has 3 rings (SSSR count). The first-order valence-electron chi connectivity index (χ1n) is 8.30. The van der Waals surface area contributed by atoms with Crippen molar-refractivity contribution < 1.29 is 14.0 Å². The number of carbonyl (C=O) groups excluding carboxylic acids is 2. The van der Waals surface area contributed by atoms with Gasteiger partial charge in [-0.2, -0.15) is 0 Å². The van der Waals surface area contributed by atoms with E-state index in [9.17, 15) is 14.0 Å². The lowest BCUT2D eigenvalue weighted by atomic mass is 10.1. The van der Waals surface area contributed by atoms with Crippen LogP contribution in [0, 0.1) is 5.82 Å². The SMILES string of the molecule is O=C(Cc1cc(Cl)cc(Cl)c1)N1CCN(C(=O)c2cc(Cl)ccc2F)CC1. The molecule has 0 N–H and O–H groups in total. The zero-order chi connectivity index (χ0) is 19.6. The zero-order valence-electron chi connectivity index (χ0n) is 14.2. The van der Waals surface area contributed by atoms with Crippen molar-refractivity contribution in [3.05, 3.63) is 68.4 Å². The minimum Gasteiger partial charge on any atom is -0.339 e. The molecule has 1 aliphatic rings. The molecule has 1 fully saturated rings. The van der Waals surface area contributed by atoms with Gasteiger partial charge in [-0.15, -0.1) is 0 Å². The number of amides is 2. The van der Waals surface area contributed by atoms with Crippen molar-refractivity contribution >= 4 is 46.6 Å². The van der Waals surface area contributed by atoms with Crippen molar-refractivity contribution in [1.29, 1.82) is 0 Å². The number of halogens is 4. The zero-order valence-corrected chi connectivity index (χ0v) is 16.5. The van der Waals surface area contributed by atoms with Gasteiger partial charge >= 0.3 is 0 Å². The van der Waals surface area contributed by atoms with Gasteiger partial charge < -0.3 is 9.80 Å². The monoisotopic (exact) mass is 428 g/mol. The summed E-state index contributed by atoms with van der Waals surface area (Å²) in [5.41, 5.74) is 0.674. The number of carbonyl (C=O) groups is 2. The highest BCUT2D eigenvalue weighted by molar-refractivity contribution is 6.34. The Balaban J connectivity index is 1.60. The van der Waals surface area contributed by atoms with E-state index in [0.717, 1.165) is 5.56 Å². The number of nitrogens with zero attached hydrogens (tertiary/aromatic N) is 2. The van der Waals surface area contributed by atoms with Crippen molar-refractivity contribution in [2.75, 3.05) is 26.2 Å². The largest absolute Gasteiger partial charge is 0.339 e. The van der Waals surface area contributed by atoms with Crippen LogP contribution in [0.4, 0.5) is 4.39 Å². The predicted octanol–water partition coefficient (Wildman–Crippen LogP) is 4.31. The Bertz CT molecular complexity index is 863. The van der Waals surface area contributed by atoms with Crippen LogP contribution in [0.5, 0.6) is 0 Å². The molecule has 0 unspecified atom stereocenters. The number of hydrogen-bond donors (Lipinski definition) is 0. The molecule has 0 saturated carbocycles. The Labute approximate surface area is 171 Å². The van der Waals surface area contributed by atoms with E-state index in [4.69, 9.17) is 34.8 Å². The van der Waals surface area contributed by atoms with Gasteiger partial charge in [0.05, 0.1) is 12.0 Å². The molecule has 8 heteroatoms. The fraction of sp³-hybridized carbons (Fsp3) is 0.263. The van der Waals surface area contributed by atoms with Gasteiger partial charge in [0.25, 0.3) is 5.91 Å². The summed E-state index contributed by atoms with van der Waals surface area (Å²) >= 11 is 17.8. The Kier molecular flexibility index (Phi) is 6.25. The molecule has 1 heterocycles. The molecule has 0 spiro atoms. The highest BCUT2D eigenvalue weighted by Gasteiger charge is 2.26. The fourth-order valence-electron chi connectivity index (χ4n) is 2.99. The molecule has 1 saturated heterocycles. The van der Waals surface area contributed by atoms with Crippen LogP contribution in [0.3, 0.4) is 0 Å². The number of piperazine rings is 1. The van der Waals surface area contributed by atoms with Crippen LogP contribution in [0.25, 0.3) is 0 Å². The molecule has 0 aliphatic carbocycles. The van der Waals surface area contributed by atoms with Crippen LogP contribution in [0.1, 0.15) is 15.9 Å². The summed E-state index contributed by atoms with van der Waals surface area (Å²) in [5, 5.41) is 1.25. The second-order valence-electron chi connectivity index (χ2n) is 6.25. The lowest BCUT2D eigenvalue weighted by Crippen LogP contribution is -2.51. The lowest BCUT2D eigenvalue weighted by molar-refractivity contribution is -0.131. The minimum absolute atomic E-state index is 0.0594. The van der Waals surface area contributed by atoms with Crippen molar-refractivity contribution in [2.24, 2.45) is 0 Å². The van der Waals surface area contributed by atoms with Gasteiger partial charge in [0.1, 0.15) is 5.82 Å². The standard InChI is InChI=1S/C19H16Cl3FN2O2/c20-13-1-2-17(23)16(11-13)19(27)25-5-3-24(4-6-25)18(26)9-12-7-14(21)10-15(22)8-12/h1-2,7-8,10-11H,3-6,9H2. The average Bonchev–Trinajstić information content (AvgIpc) is 2.62. The maximum absolute atomic E-state index is 13.9. The van der Waals surface area contributed by atoms with Gasteiger partial charge in [-0.25, -0.2) is 4.39 Å². The summed E-state index contributed by atoms with van der Waals surface area (Å²) in [6.45, 7) is 1.40. The summed E-state index contributed by atoms with van der Waals surface area (Å²) in [7, 11) is 0. The first kappa shape index (κ1) is 19.9. The number of hydrogen-bond acceptors (Lipinski definition) is 2. The Hall–Kier alpha value is -1.82. The second kappa shape index (κ2) is 8.46. The molecular formula is C19H16Cl3FN2O2. The summed E-state index contributed by atoms with van der Waals surface area (Å²) < 4.78 is 13.9. The van der Waals surface area contributed by atoms with Gasteiger partial charge in [-0.05, 0) is 42.0 Å². The molecule has 4 nitrogen and oxygen atoms in total. The predicted molar refractivity (Wildman–Crippen MR) is 104 cm³/mol. The van der Waals surface area contributed by atoms with Crippen LogP contribution in [-0.4, -0.2) is 47.8 Å². The van der Waals surface area contributed by atoms with Crippen molar-refractivity contribution in [1.82, 2.24) is 9.80 Å². The van der Waals surface area contributed by atoms with Gasteiger partial charge in [-0.1, -0.05) is 34.8 Å². The molecule has 2 aromatic carbocycles. The smallest absolute Gasteiger partial charge is 0.257 e. The summed E-state index contributed by atoms with van der Waals surface area (Å²) in [5.74, 6) is -1.11. The van der Waals surface area contributed by atoms with Crippen LogP contribution < -0.4 is 0 Å². The molecule has 0 radical (unpaired) electrons. The van der Waals surface area contributed by atoms with Gasteiger partial charge in [0, 0.05) is 41.2 Å². The number of benzene rings is 2. The average molecular weight is 430 g/mol. The maximum Gasteiger partial charge on any atom is 0.257 e. The van der Waals surface area contributed by atoms with Crippen molar-refractivity contribution in [3.63, 3.8) is 0 Å². The topological polar surface area (TPSA) is 40.6 Å². The van der Waals surface area contributed by atoms with E-state index in [1.165, 1.54) is 23.1 Å². The Morgan fingerprint density at radius 3 is 2.07 bits per heavy atom. The third kappa shape index (κ3) is 4.92. The Morgan fingerprint density at radius 1 is 0.852 bits per heavy atom. The maximum atomic E-state index is 13.9. The lowest BCUT2D eigenvalue weighted by Gasteiger charge is -2.35. The quantitative estimate of drug-likeness (QED) is 0.729. The third-order valence-electron chi connectivity index (χ3n) is 4.36. The summed E-state index contributed by atoms with van der Waals surface area (Å²) in [6, 6.07) is 8.90. The van der Waals surface area contributed by atoms with Gasteiger partial charge in [-0.3, -0.25) is 9.59 Å². The molecule has 2 aromatic rings. The fourth-order valence-corrected chi connectivity index (χ4v) is 3.73. The van der Waals surface area contributed by atoms with E-state index in [1.54, 1.807) is 23.1 Å². The normalized spacial score (nSPS) is 14.4. The molecule has 0 aromatic heterocycles. The minimum atomic E-state index is -0.610. The van der Waals surface area contributed by atoms with Crippen molar-refractivity contribution in [2.45, 2.75) is 6.42 Å². The molecular weight excluding hydrogens is 414 g/mol. The number of rotatable bonds is 3. The molecule has 1 aliphatic heterocycles. The van der Waals surface area contributed by atoms with Crippen molar-refractivity contribution in [3.8, 4) is 0 Å². The molecule has 27 heavy (non-hydrogen) atoms. The highest BCUT2D eigenvalue weighted by atomic mass is 35.5. The third-order valence-corrected chi connectivity index (χ3v) is 5.03. The van der Waals surface area contributed by atoms with Gasteiger partial charge in [0.15, 0.2) is 0 Å². The Morgan fingerprint density at radius 2 is 1.44 bits per heavy atom. The van der Waals surface area contributed by atoms with E-state index < -0.39 is 11.7 Å². The van der Waals surface area contributed by atoms with Crippen LogP contribution in [-0.2, 0) is 11.2 Å². The van der Waals surface area contributed by atoms with E-state index in [1.807, 2.05) is 0 Å². The van der Waals surface area contributed by atoms with Crippen LogP contribution in [0.15, 0.2) is 36.4 Å². The van der Waals surface area contributed by atoms with Crippen LogP contribution >= 0.6 is 34.8 Å². The van der Waals surface area contributed by atoms with Crippen LogP contribution in [0.2, 0.25) is 15.1 Å². The van der Waals surface area contributed by atoms with E-state index in [2.05, 4.69) is 0 Å². The first-order chi connectivity index (χ1) is 12.8. The highest BCUT2D eigenvalue weighted by Crippen LogP contribution is 2.21. The molecule has 2 amide bonds. The molecule has 0 bridgehead atoms. The van der Waals surface area contributed by atoms with E-state index >= 15 is 0 Å².